The number of nitrogens with zero attached hydrogens (tertiary/aromatic N) is 4. The largest absolute Gasteiger partial charge is 0.354 e. The molecule has 0 saturated heterocycles. The molecule has 0 amide bonds. The van der Waals surface area contributed by atoms with Gasteiger partial charge in [0.2, 0.25) is 0 Å². The van der Waals surface area contributed by atoms with Gasteiger partial charge in [0, 0.05) is 44.4 Å². The molecule has 4 aromatic rings. The average Bonchev–Trinajstić information content (AvgIpc) is 3.53. The zero-order valence-electron chi connectivity index (χ0n) is 18.9. The third-order valence-corrected chi connectivity index (χ3v) is 6.36. The van der Waals surface area contributed by atoms with Gasteiger partial charge in [0.05, 0.1) is 17.6 Å². The number of hydrogen-bond donors (Lipinski definition) is 1. The van der Waals surface area contributed by atoms with E-state index in [2.05, 4.69) is 10.1 Å². The topological polar surface area (TPSA) is 99.8 Å². The lowest BCUT2D eigenvalue weighted by Crippen LogP contribution is -2.22. The fourth-order valence-corrected chi connectivity index (χ4v) is 4.45. The van der Waals surface area contributed by atoms with Gasteiger partial charge in [-0.05, 0) is 44.4 Å². The summed E-state index contributed by atoms with van der Waals surface area (Å²) >= 11 is 0. The second-order valence-corrected chi connectivity index (χ2v) is 8.78. The summed E-state index contributed by atoms with van der Waals surface area (Å²) in [6, 6.07) is 13.5. The number of nitrogens with two attached hydrogens (primary N) is 1. The molecule has 7 heteroatoms. The van der Waals surface area contributed by atoms with E-state index in [9.17, 15) is 4.79 Å². The number of aryl methyl sites for hydroxylation is 1. The molecule has 1 aromatic carbocycles. The standard InChI is InChI=1S/C26H27N5O2.2H2/c1-16(27)18-6-5-7-19(12-18)22-13-24(33-30-22)26-17(2)28-14-23(29-26)20-10-11-25(32)31(15-20)21-8-3-4-9-21;;/h5-7,10-16,21H,3-4,8-9,27H2,1-2H3;2*1H. The first kappa shape index (κ1) is 21.3. The fraction of sp³-hybridized carbons (Fsp3) is 0.308. The van der Waals surface area contributed by atoms with Crippen LogP contribution in [0.5, 0.6) is 0 Å². The molecule has 3 heterocycles. The van der Waals surface area contributed by atoms with Gasteiger partial charge in [-0.15, -0.1) is 0 Å². The van der Waals surface area contributed by atoms with E-state index in [0.29, 0.717) is 22.8 Å². The first-order chi connectivity index (χ1) is 16.0. The minimum Gasteiger partial charge on any atom is -0.354 e. The van der Waals surface area contributed by atoms with Crippen LogP contribution in [0.2, 0.25) is 0 Å². The summed E-state index contributed by atoms with van der Waals surface area (Å²) in [6.07, 6.45) is 8.06. The van der Waals surface area contributed by atoms with Crippen molar-refractivity contribution >= 4 is 0 Å². The fourth-order valence-electron chi connectivity index (χ4n) is 4.45. The summed E-state index contributed by atoms with van der Waals surface area (Å²) in [5.41, 5.74) is 11.7. The number of aromatic nitrogens is 4. The van der Waals surface area contributed by atoms with E-state index in [-0.39, 0.29) is 20.5 Å². The van der Waals surface area contributed by atoms with Gasteiger partial charge in [-0.3, -0.25) is 9.78 Å². The molecule has 5 rings (SSSR count). The van der Waals surface area contributed by atoms with E-state index in [1.807, 2.05) is 61.0 Å². The molecule has 1 saturated carbocycles. The summed E-state index contributed by atoms with van der Waals surface area (Å²) in [5, 5.41) is 4.26. The van der Waals surface area contributed by atoms with E-state index < -0.39 is 0 Å². The Kier molecular flexibility index (Phi) is 5.64. The molecule has 7 nitrogen and oxygen atoms in total. The Morgan fingerprint density at radius 2 is 1.94 bits per heavy atom. The summed E-state index contributed by atoms with van der Waals surface area (Å²) in [4.78, 5) is 21.8. The van der Waals surface area contributed by atoms with Crippen molar-refractivity contribution in [1.82, 2.24) is 19.7 Å². The van der Waals surface area contributed by atoms with Crippen LogP contribution >= 0.6 is 0 Å². The van der Waals surface area contributed by atoms with Crippen LogP contribution in [0.15, 0.2) is 64.2 Å². The van der Waals surface area contributed by atoms with E-state index in [4.69, 9.17) is 15.2 Å². The molecule has 1 unspecified atom stereocenters. The van der Waals surface area contributed by atoms with E-state index in [0.717, 1.165) is 48.1 Å². The van der Waals surface area contributed by atoms with Crippen molar-refractivity contribution in [2.45, 2.75) is 51.6 Å². The number of hydrogen-bond acceptors (Lipinski definition) is 6. The Hall–Kier alpha value is -3.58. The van der Waals surface area contributed by atoms with Crippen LogP contribution in [0.3, 0.4) is 0 Å². The average molecular weight is 446 g/mol. The zero-order valence-corrected chi connectivity index (χ0v) is 18.9. The van der Waals surface area contributed by atoms with Crippen LogP contribution in [-0.4, -0.2) is 19.7 Å². The van der Waals surface area contributed by atoms with Crippen molar-refractivity contribution in [1.29, 1.82) is 0 Å². The Labute approximate surface area is 195 Å². The monoisotopic (exact) mass is 445 g/mol. The molecule has 3 aromatic heterocycles. The molecule has 1 fully saturated rings. The van der Waals surface area contributed by atoms with Crippen LogP contribution in [0, 0.1) is 6.92 Å². The third kappa shape index (κ3) is 4.24. The summed E-state index contributed by atoms with van der Waals surface area (Å²) in [7, 11) is 0. The number of pyridine rings is 1. The Morgan fingerprint density at radius 1 is 1.12 bits per heavy atom. The lowest BCUT2D eigenvalue weighted by atomic mass is 10.0. The molecule has 33 heavy (non-hydrogen) atoms. The van der Waals surface area contributed by atoms with E-state index in [1.165, 1.54) is 0 Å². The molecular formula is C26H31N5O2. The quantitative estimate of drug-likeness (QED) is 0.431. The van der Waals surface area contributed by atoms with Crippen LogP contribution in [0.25, 0.3) is 34.0 Å². The summed E-state index contributed by atoms with van der Waals surface area (Å²) in [6.45, 7) is 3.85. The van der Waals surface area contributed by atoms with Crippen LogP contribution in [0.4, 0.5) is 0 Å². The molecule has 0 aliphatic heterocycles. The van der Waals surface area contributed by atoms with Gasteiger partial charge in [0.25, 0.3) is 5.56 Å². The normalized spacial score (nSPS) is 15.1. The molecule has 0 bridgehead atoms. The first-order valence-electron chi connectivity index (χ1n) is 11.4. The maximum atomic E-state index is 12.4. The first-order valence-corrected chi connectivity index (χ1v) is 11.4. The maximum Gasteiger partial charge on any atom is 0.250 e. The van der Waals surface area contributed by atoms with Gasteiger partial charge in [0.15, 0.2) is 5.76 Å². The van der Waals surface area contributed by atoms with Gasteiger partial charge in [-0.2, -0.15) is 0 Å². The third-order valence-electron chi connectivity index (χ3n) is 6.36. The van der Waals surface area contributed by atoms with Gasteiger partial charge in [-0.25, -0.2) is 4.98 Å². The highest BCUT2D eigenvalue weighted by Gasteiger charge is 2.19. The molecule has 1 aliphatic carbocycles. The Balaban J connectivity index is 0.00000171. The van der Waals surface area contributed by atoms with Crippen molar-refractivity contribution < 1.29 is 7.38 Å². The molecule has 1 atom stereocenters. The molecule has 172 valence electrons. The minimum absolute atomic E-state index is 0. The number of benzene rings is 1. The minimum atomic E-state index is -0.0615. The van der Waals surface area contributed by atoms with Gasteiger partial charge in [0.1, 0.15) is 11.4 Å². The molecule has 1 aliphatic rings. The highest BCUT2D eigenvalue weighted by molar-refractivity contribution is 5.68. The van der Waals surface area contributed by atoms with Gasteiger partial charge in [-0.1, -0.05) is 36.2 Å². The van der Waals surface area contributed by atoms with Crippen LogP contribution in [-0.2, 0) is 0 Å². The summed E-state index contributed by atoms with van der Waals surface area (Å²) < 4.78 is 7.51. The van der Waals surface area contributed by atoms with Gasteiger partial charge < -0.3 is 14.8 Å². The van der Waals surface area contributed by atoms with Crippen LogP contribution < -0.4 is 11.3 Å². The SMILES string of the molecule is Cc1ncc(-c2ccc(=O)n(C3CCCC3)c2)nc1-c1cc(-c2cccc(C(C)N)c2)no1.[HH].[HH]. The second-order valence-electron chi connectivity index (χ2n) is 8.78. The maximum absolute atomic E-state index is 12.4. The van der Waals surface area contributed by atoms with Crippen LogP contribution in [0.1, 0.15) is 58.8 Å². The van der Waals surface area contributed by atoms with Crippen molar-refractivity contribution in [2.75, 3.05) is 0 Å². The van der Waals surface area contributed by atoms with E-state index >= 15 is 0 Å². The lowest BCUT2D eigenvalue weighted by Gasteiger charge is -2.14. The molecule has 2 N–H and O–H groups in total. The predicted octanol–water partition coefficient (Wildman–Crippen LogP) is 5.56. The Morgan fingerprint density at radius 3 is 2.73 bits per heavy atom. The van der Waals surface area contributed by atoms with Crippen molar-refractivity contribution in [3.63, 3.8) is 0 Å². The molecule has 0 spiro atoms. The molecular weight excluding hydrogens is 414 g/mol. The highest BCUT2D eigenvalue weighted by atomic mass is 16.5. The lowest BCUT2D eigenvalue weighted by molar-refractivity contribution is 0.433. The van der Waals surface area contributed by atoms with Crippen molar-refractivity contribution in [2.24, 2.45) is 5.73 Å². The zero-order chi connectivity index (χ0) is 22.9. The summed E-state index contributed by atoms with van der Waals surface area (Å²) in [5.74, 6) is 0.548. The smallest absolute Gasteiger partial charge is 0.250 e. The van der Waals surface area contributed by atoms with Gasteiger partial charge >= 0.3 is 0 Å². The highest BCUT2D eigenvalue weighted by Crippen LogP contribution is 2.31. The second kappa shape index (κ2) is 8.75. The van der Waals surface area contributed by atoms with Crippen molar-refractivity contribution in [3.05, 3.63) is 76.5 Å². The number of rotatable bonds is 5. The van der Waals surface area contributed by atoms with E-state index in [1.54, 1.807) is 12.3 Å². The Bertz CT molecular complexity index is 1360. The predicted molar refractivity (Wildman–Crippen MR) is 132 cm³/mol. The van der Waals surface area contributed by atoms with Crippen molar-refractivity contribution in [3.8, 4) is 34.0 Å². The molecule has 0 radical (unpaired) electrons.